The number of nitrogens with one attached hydrogen (secondary N) is 3. The largest absolute Gasteiger partial charge is 0.342 e. The summed E-state index contributed by atoms with van der Waals surface area (Å²) in [6.07, 6.45) is -2.18. The predicted octanol–water partition coefficient (Wildman–Crippen LogP) is 2.03. The predicted molar refractivity (Wildman–Crippen MR) is 114 cm³/mol. The van der Waals surface area contributed by atoms with Gasteiger partial charge in [0.1, 0.15) is 18.5 Å². The fourth-order valence-corrected chi connectivity index (χ4v) is 5.28. The standard InChI is InChI=1S/C23H32F2N4O2/c1-12-4-5-14(22(30)28-21-19(25)9-16(24)11-27-21)7-17(12)18-8-15-10-26-13(2)6-20(15)29(3)23(18)31/h4-5,7,13,15-16,18-21,26-27H,6,8-11H2,1-3H3,(H,28,30). The molecule has 7 unspecified atom stereocenters. The van der Waals surface area contributed by atoms with E-state index in [1.165, 1.54) is 0 Å². The van der Waals surface area contributed by atoms with Gasteiger partial charge in [0, 0.05) is 44.2 Å². The van der Waals surface area contributed by atoms with Crippen molar-refractivity contribution in [3.8, 4) is 0 Å². The van der Waals surface area contributed by atoms with E-state index in [0.29, 0.717) is 17.5 Å². The highest BCUT2D eigenvalue weighted by Crippen LogP contribution is 2.38. The van der Waals surface area contributed by atoms with Crippen molar-refractivity contribution in [2.45, 2.75) is 69.6 Å². The molecule has 2 amide bonds. The summed E-state index contributed by atoms with van der Waals surface area (Å²) in [5, 5.41) is 8.85. The molecule has 4 rings (SSSR count). The lowest BCUT2D eigenvalue weighted by Gasteiger charge is -2.47. The molecule has 1 aromatic rings. The van der Waals surface area contributed by atoms with E-state index < -0.39 is 24.4 Å². The summed E-state index contributed by atoms with van der Waals surface area (Å²) < 4.78 is 27.4. The average Bonchev–Trinajstić information content (AvgIpc) is 2.73. The number of nitrogens with zero attached hydrogens (tertiary/aromatic N) is 1. The third kappa shape index (κ3) is 4.46. The number of benzene rings is 1. The van der Waals surface area contributed by atoms with Crippen molar-refractivity contribution in [1.82, 2.24) is 20.9 Å². The topological polar surface area (TPSA) is 73.5 Å². The Labute approximate surface area is 182 Å². The summed E-state index contributed by atoms with van der Waals surface area (Å²) in [5.74, 6) is -0.277. The van der Waals surface area contributed by atoms with E-state index in [1.807, 2.05) is 24.9 Å². The quantitative estimate of drug-likeness (QED) is 0.681. The number of likely N-dealkylation sites (N-methyl/N-ethyl adjacent to an activating group) is 1. The Morgan fingerprint density at radius 2 is 1.94 bits per heavy atom. The first kappa shape index (κ1) is 22.1. The zero-order valence-electron chi connectivity index (χ0n) is 18.3. The van der Waals surface area contributed by atoms with Crippen molar-refractivity contribution in [3.05, 3.63) is 34.9 Å². The summed E-state index contributed by atoms with van der Waals surface area (Å²) in [6, 6.07) is 5.91. The van der Waals surface area contributed by atoms with Crippen molar-refractivity contribution in [2.24, 2.45) is 5.92 Å². The van der Waals surface area contributed by atoms with Crippen LogP contribution in [-0.4, -0.2) is 67.4 Å². The molecule has 8 heteroatoms. The maximum absolute atomic E-state index is 14.1. The maximum atomic E-state index is 14.1. The molecule has 7 atom stereocenters. The van der Waals surface area contributed by atoms with E-state index in [-0.39, 0.29) is 30.8 Å². The number of hydrogen-bond donors (Lipinski definition) is 3. The third-order valence-corrected chi connectivity index (χ3v) is 7.15. The highest BCUT2D eigenvalue weighted by molar-refractivity contribution is 5.95. The zero-order valence-corrected chi connectivity index (χ0v) is 18.3. The van der Waals surface area contributed by atoms with Crippen LogP contribution in [0.4, 0.5) is 8.78 Å². The molecule has 31 heavy (non-hydrogen) atoms. The van der Waals surface area contributed by atoms with Crippen LogP contribution in [0.1, 0.15) is 53.6 Å². The van der Waals surface area contributed by atoms with Crippen LogP contribution in [0.15, 0.2) is 18.2 Å². The van der Waals surface area contributed by atoms with Gasteiger partial charge >= 0.3 is 0 Å². The number of halogens is 2. The first-order valence-corrected chi connectivity index (χ1v) is 11.2. The second-order valence-electron chi connectivity index (χ2n) is 9.39. The molecule has 3 heterocycles. The SMILES string of the molecule is Cc1ccc(C(=O)NC2NCC(F)CC2F)cc1C1CC2CNC(C)CC2N(C)C1=O. The number of carbonyl (C=O) groups is 2. The highest BCUT2D eigenvalue weighted by atomic mass is 19.1. The van der Waals surface area contributed by atoms with Gasteiger partial charge in [0.2, 0.25) is 5.91 Å². The molecule has 0 bridgehead atoms. The molecular formula is C23H32F2N4O2. The lowest BCUT2D eigenvalue weighted by atomic mass is 9.75. The van der Waals surface area contributed by atoms with Crippen LogP contribution in [0.5, 0.6) is 0 Å². The summed E-state index contributed by atoms with van der Waals surface area (Å²) in [4.78, 5) is 27.9. The van der Waals surface area contributed by atoms with Gasteiger partial charge < -0.3 is 15.5 Å². The number of piperidine rings is 3. The van der Waals surface area contributed by atoms with Gasteiger partial charge in [0.05, 0.1) is 5.92 Å². The van der Waals surface area contributed by atoms with Crippen LogP contribution in [0.25, 0.3) is 0 Å². The Bertz CT molecular complexity index is 851. The monoisotopic (exact) mass is 434 g/mol. The summed E-state index contributed by atoms with van der Waals surface area (Å²) in [6.45, 7) is 4.98. The summed E-state index contributed by atoms with van der Waals surface area (Å²) in [5.41, 5.74) is 2.18. The van der Waals surface area contributed by atoms with Crippen molar-refractivity contribution < 1.29 is 18.4 Å². The summed E-state index contributed by atoms with van der Waals surface area (Å²) in [7, 11) is 1.88. The van der Waals surface area contributed by atoms with Crippen molar-refractivity contribution in [3.63, 3.8) is 0 Å². The van der Waals surface area contributed by atoms with Crippen molar-refractivity contribution >= 4 is 11.8 Å². The number of carbonyl (C=O) groups excluding carboxylic acids is 2. The average molecular weight is 435 g/mol. The highest BCUT2D eigenvalue weighted by Gasteiger charge is 2.43. The second kappa shape index (κ2) is 8.82. The van der Waals surface area contributed by atoms with Gasteiger partial charge in [-0.15, -0.1) is 0 Å². The first-order valence-electron chi connectivity index (χ1n) is 11.2. The van der Waals surface area contributed by atoms with E-state index in [0.717, 1.165) is 30.5 Å². The number of rotatable bonds is 3. The smallest absolute Gasteiger partial charge is 0.252 e. The zero-order chi connectivity index (χ0) is 22.3. The Balaban J connectivity index is 1.52. The molecule has 170 valence electrons. The molecule has 0 radical (unpaired) electrons. The fourth-order valence-electron chi connectivity index (χ4n) is 5.28. The minimum absolute atomic E-state index is 0.0165. The first-order chi connectivity index (χ1) is 14.7. The van der Waals surface area contributed by atoms with Crippen molar-refractivity contribution in [1.29, 1.82) is 0 Å². The molecule has 3 N–H and O–H groups in total. The van der Waals surface area contributed by atoms with Gasteiger partial charge in [-0.25, -0.2) is 8.78 Å². The number of fused-ring (bicyclic) bond motifs is 1. The Morgan fingerprint density at radius 1 is 1.16 bits per heavy atom. The van der Waals surface area contributed by atoms with Gasteiger partial charge in [-0.05, 0) is 55.9 Å². The van der Waals surface area contributed by atoms with Gasteiger partial charge in [-0.3, -0.25) is 14.9 Å². The molecule has 0 spiro atoms. The Morgan fingerprint density at radius 3 is 2.68 bits per heavy atom. The van der Waals surface area contributed by atoms with E-state index in [4.69, 9.17) is 0 Å². The van der Waals surface area contributed by atoms with Crippen LogP contribution >= 0.6 is 0 Å². The number of likely N-dealkylation sites (tertiary alicyclic amines) is 1. The van der Waals surface area contributed by atoms with Crippen molar-refractivity contribution in [2.75, 3.05) is 20.1 Å². The lowest BCUT2D eigenvalue weighted by molar-refractivity contribution is -0.140. The molecule has 0 saturated carbocycles. The van der Waals surface area contributed by atoms with Crippen LogP contribution in [0, 0.1) is 12.8 Å². The molecule has 0 aliphatic carbocycles. The van der Waals surface area contributed by atoms with Crippen LogP contribution in [0.2, 0.25) is 0 Å². The van der Waals surface area contributed by atoms with Crippen LogP contribution < -0.4 is 16.0 Å². The van der Waals surface area contributed by atoms with E-state index in [9.17, 15) is 18.4 Å². The maximum Gasteiger partial charge on any atom is 0.252 e. The molecule has 0 aromatic heterocycles. The fraction of sp³-hybridized carbons (Fsp3) is 0.652. The minimum atomic E-state index is -1.48. The van der Waals surface area contributed by atoms with Gasteiger partial charge in [-0.1, -0.05) is 6.07 Å². The molecule has 3 fully saturated rings. The number of aryl methyl sites for hydroxylation is 1. The Kier molecular flexibility index (Phi) is 6.30. The van der Waals surface area contributed by atoms with Gasteiger partial charge in [-0.2, -0.15) is 0 Å². The van der Waals surface area contributed by atoms with Gasteiger partial charge in [0.15, 0.2) is 0 Å². The normalized spacial score (nSPS) is 36.1. The molecule has 3 saturated heterocycles. The van der Waals surface area contributed by atoms with E-state index in [1.54, 1.807) is 12.1 Å². The molecule has 1 aromatic carbocycles. The lowest BCUT2D eigenvalue weighted by Crippen LogP contribution is -2.58. The summed E-state index contributed by atoms with van der Waals surface area (Å²) >= 11 is 0. The minimum Gasteiger partial charge on any atom is -0.342 e. The van der Waals surface area contributed by atoms with Crippen LogP contribution in [-0.2, 0) is 4.79 Å². The van der Waals surface area contributed by atoms with Gasteiger partial charge in [0.25, 0.3) is 5.91 Å². The molecule has 6 nitrogen and oxygen atoms in total. The Hall–Kier alpha value is -2.06. The number of alkyl halides is 2. The molecule has 3 aliphatic heterocycles. The van der Waals surface area contributed by atoms with E-state index >= 15 is 0 Å². The molecule has 3 aliphatic rings. The van der Waals surface area contributed by atoms with Crippen LogP contribution in [0.3, 0.4) is 0 Å². The second-order valence-corrected chi connectivity index (χ2v) is 9.39. The van der Waals surface area contributed by atoms with E-state index in [2.05, 4.69) is 22.9 Å². The number of hydrogen-bond acceptors (Lipinski definition) is 4. The third-order valence-electron chi connectivity index (χ3n) is 7.15. The molecular weight excluding hydrogens is 402 g/mol. The number of amides is 2.